The van der Waals surface area contributed by atoms with Gasteiger partial charge in [-0.2, -0.15) is 5.10 Å². The molecule has 0 spiro atoms. The van der Waals surface area contributed by atoms with Crippen LogP contribution in [0, 0.1) is 12.8 Å². The first-order valence-corrected chi connectivity index (χ1v) is 9.33. The highest BCUT2D eigenvalue weighted by Gasteiger charge is 2.36. The number of para-hydroxylation sites is 1. The van der Waals surface area contributed by atoms with Crippen LogP contribution in [-0.2, 0) is 9.53 Å². The molecule has 144 valence electrons. The van der Waals surface area contributed by atoms with E-state index < -0.39 is 0 Å². The number of hydrogen-bond donors (Lipinski definition) is 1. The standard InChI is InChI=1S/C22H23N3O3/c1-15-12-18(27-2)8-9-20(15)24-22(26)19-10-11-28-21(19)16-13-23-25(14-16)17-6-4-3-5-7-17/h3-9,12-14,19,21H,10-11H2,1-2H3,(H,24,26)/t19-,21+/m0/s1. The number of ether oxygens (including phenoxy) is 2. The van der Waals surface area contributed by atoms with Crippen molar-refractivity contribution in [2.75, 3.05) is 19.0 Å². The van der Waals surface area contributed by atoms with Gasteiger partial charge in [-0.05, 0) is 49.2 Å². The summed E-state index contributed by atoms with van der Waals surface area (Å²) in [6.45, 7) is 2.51. The minimum absolute atomic E-state index is 0.0387. The molecule has 1 aromatic heterocycles. The zero-order valence-electron chi connectivity index (χ0n) is 16.0. The molecular weight excluding hydrogens is 354 g/mol. The Labute approximate surface area is 164 Å². The molecule has 0 unspecified atom stereocenters. The Morgan fingerprint density at radius 1 is 1.25 bits per heavy atom. The highest BCUT2D eigenvalue weighted by Crippen LogP contribution is 2.36. The summed E-state index contributed by atoms with van der Waals surface area (Å²) in [5, 5.41) is 7.47. The summed E-state index contributed by atoms with van der Waals surface area (Å²) in [6.07, 6.45) is 4.10. The van der Waals surface area contributed by atoms with Gasteiger partial charge in [0, 0.05) is 24.1 Å². The minimum Gasteiger partial charge on any atom is -0.497 e. The van der Waals surface area contributed by atoms with Gasteiger partial charge in [0.15, 0.2) is 0 Å². The number of hydrogen-bond acceptors (Lipinski definition) is 4. The number of aromatic nitrogens is 2. The molecule has 28 heavy (non-hydrogen) atoms. The number of carbonyl (C=O) groups excluding carboxylic acids is 1. The van der Waals surface area contributed by atoms with Gasteiger partial charge in [0.05, 0.1) is 31.0 Å². The van der Waals surface area contributed by atoms with E-state index in [1.807, 2.05) is 61.7 Å². The van der Waals surface area contributed by atoms with Crippen molar-refractivity contribution in [2.24, 2.45) is 5.92 Å². The summed E-state index contributed by atoms with van der Waals surface area (Å²) in [4.78, 5) is 12.9. The predicted molar refractivity (Wildman–Crippen MR) is 107 cm³/mol. The van der Waals surface area contributed by atoms with E-state index in [0.29, 0.717) is 13.0 Å². The van der Waals surface area contributed by atoms with E-state index in [-0.39, 0.29) is 17.9 Å². The van der Waals surface area contributed by atoms with E-state index >= 15 is 0 Å². The van der Waals surface area contributed by atoms with Gasteiger partial charge in [0.2, 0.25) is 5.91 Å². The number of amides is 1. The van der Waals surface area contributed by atoms with Crippen molar-refractivity contribution in [2.45, 2.75) is 19.4 Å². The first kappa shape index (κ1) is 18.3. The summed E-state index contributed by atoms with van der Waals surface area (Å²) in [5.41, 5.74) is 3.63. The average molecular weight is 377 g/mol. The zero-order valence-corrected chi connectivity index (χ0v) is 16.0. The fraction of sp³-hybridized carbons (Fsp3) is 0.273. The molecule has 0 bridgehead atoms. The molecule has 0 saturated carbocycles. The van der Waals surface area contributed by atoms with Gasteiger partial charge in [-0.15, -0.1) is 0 Å². The molecule has 6 nitrogen and oxygen atoms in total. The van der Waals surface area contributed by atoms with Gasteiger partial charge < -0.3 is 14.8 Å². The molecule has 0 aliphatic carbocycles. The number of anilines is 1. The number of methoxy groups -OCH3 is 1. The Bertz CT molecular complexity index is 968. The van der Waals surface area contributed by atoms with E-state index in [1.165, 1.54) is 0 Å². The molecule has 1 aliphatic rings. The van der Waals surface area contributed by atoms with E-state index in [9.17, 15) is 4.79 Å². The average Bonchev–Trinajstić information content (AvgIpc) is 3.39. The van der Waals surface area contributed by atoms with Crippen LogP contribution in [0.15, 0.2) is 60.9 Å². The van der Waals surface area contributed by atoms with Gasteiger partial charge in [-0.3, -0.25) is 4.79 Å². The highest BCUT2D eigenvalue weighted by molar-refractivity contribution is 5.94. The summed E-state index contributed by atoms with van der Waals surface area (Å²) < 4.78 is 12.9. The molecule has 3 aromatic rings. The van der Waals surface area contributed by atoms with Gasteiger partial charge in [0.1, 0.15) is 5.75 Å². The lowest BCUT2D eigenvalue weighted by Crippen LogP contribution is -2.25. The van der Waals surface area contributed by atoms with E-state index in [4.69, 9.17) is 9.47 Å². The molecule has 4 rings (SSSR count). The van der Waals surface area contributed by atoms with E-state index in [2.05, 4.69) is 10.4 Å². The maximum Gasteiger partial charge on any atom is 0.230 e. The Morgan fingerprint density at radius 2 is 2.07 bits per heavy atom. The zero-order chi connectivity index (χ0) is 19.5. The van der Waals surface area contributed by atoms with Crippen molar-refractivity contribution in [1.82, 2.24) is 9.78 Å². The third kappa shape index (κ3) is 3.64. The number of carbonyl (C=O) groups is 1. The molecule has 2 aromatic carbocycles. The molecule has 6 heteroatoms. The van der Waals surface area contributed by atoms with Crippen LogP contribution in [-0.4, -0.2) is 29.4 Å². The molecule has 2 heterocycles. The molecule has 0 radical (unpaired) electrons. The van der Waals surface area contributed by atoms with Crippen LogP contribution in [0.25, 0.3) is 5.69 Å². The van der Waals surface area contributed by atoms with Crippen LogP contribution in [0.3, 0.4) is 0 Å². The SMILES string of the molecule is COc1ccc(NC(=O)[C@H]2CCO[C@@H]2c2cnn(-c3ccccc3)c2)c(C)c1. The van der Waals surface area contributed by atoms with Crippen molar-refractivity contribution >= 4 is 11.6 Å². The minimum atomic E-state index is -0.295. The van der Waals surface area contributed by atoms with Crippen molar-refractivity contribution in [3.8, 4) is 11.4 Å². The predicted octanol–water partition coefficient (Wildman–Crippen LogP) is 3.91. The van der Waals surface area contributed by atoms with Crippen LogP contribution in [0.4, 0.5) is 5.69 Å². The second-order valence-electron chi connectivity index (χ2n) is 6.91. The fourth-order valence-electron chi connectivity index (χ4n) is 3.52. The van der Waals surface area contributed by atoms with Gasteiger partial charge >= 0.3 is 0 Å². The lowest BCUT2D eigenvalue weighted by atomic mass is 9.96. The molecule has 1 N–H and O–H groups in total. The summed E-state index contributed by atoms with van der Waals surface area (Å²) in [7, 11) is 1.63. The summed E-state index contributed by atoms with van der Waals surface area (Å²) in [6, 6.07) is 15.5. The monoisotopic (exact) mass is 377 g/mol. The normalized spacial score (nSPS) is 18.8. The first-order valence-electron chi connectivity index (χ1n) is 9.33. The third-order valence-corrected chi connectivity index (χ3v) is 5.07. The van der Waals surface area contributed by atoms with E-state index in [0.717, 1.165) is 28.3 Å². The molecule has 1 aliphatic heterocycles. The quantitative estimate of drug-likeness (QED) is 0.732. The van der Waals surface area contributed by atoms with Gasteiger partial charge in [-0.1, -0.05) is 18.2 Å². The number of aryl methyl sites for hydroxylation is 1. The first-order chi connectivity index (χ1) is 13.7. The number of rotatable bonds is 5. The Morgan fingerprint density at radius 3 is 2.82 bits per heavy atom. The number of nitrogens with one attached hydrogen (secondary N) is 1. The maximum absolute atomic E-state index is 12.9. The van der Waals surface area contributed by atoms with Crippen LogP contribution in [0.2, 0.25) is 0 Å². The molecule has 1 saturated heterocycles. The Balaban J connectivity index is 1.51. The van der Waals surface area contributed by atoms with Crippen molar-refractivity contribution in [3.05, 3.63) is 72.1 Å². The maximum atomic E-state index is 12.9. The van der Waals surface area contributed by atoms with Crippen molar-refractivity contribution in [3.63, 3.8) is 0 Å². The van der Waals surface area contributed by atoms with Crippen molar-refractivity contribution in [1.29, 1.82) is 0 Å². The summed E-state index contributed by atoms with van der Waals surface area (Å²) >= 11 is 0. The highest BCUT2D eigenvalue weighted by atomic mass is 16.5. The van der Waals surface area contributed by atoms with E-state index in [1.54, 1.807) is 18.0 Å². The largest absolute Gasteiger partial charge is 0.497 e. The molecular formula is C22H23N3O3. The van der Waals surface area contributed by atoms with Gasteiger partial charge in [0.25, 0.3) is 0 Å². The second-order valence-corrected chi connectivity index (χ2v) is 6.91. The van der Waals surface area contributed by atoms with Crippen LogP contribution >= 0.6 is 0 Å². The number of benzene rings is 2. The number of nitrogens with zero attached hydrogens (tertiary/aromatic N) is 2. The summed E-state index contributed by atoms with van der Waals surface area (Å²) in [5.74, 6) is 0.476. The van der Waals surface area contributed by atoms with Gasteiger partial charge in [-0.25, -0.2) is 4.68 Å². The lowest BCUT2D eigenvalue weighted by molar-refractivity contribution is -0.121. The Hall–Kier alpha value is -3.12. The smallest absolute Gasteiger partial charge is 0.230 e. The van der Waals surface area contributed by atoms with Crippen LogP contribution in [0.5, 0.6) is 5.75 Å². The molecule has 1 fully saturated rings. The van der Waals surface area contributed by atoms with Crippen LogP contribution in [0.1, 0.15) is 23.7 Å². The third-order valence-electron chi connectivity index (χ3n) is 5.07. The fourth-order valence-corrected chi connectivity index (χ4v) is 3.52. The van der Waals surface area contributed by atoms with Crippen LogP contribution < -0.4 is 10.1 Å². The molecule has 1 amide bonds. The lowest BCUT2D eigenvalue weighted by Gasteiger charge is -2.18. The topological polar surface area (TPSA) is 65.4 Å². The molecule has 2 atom stereocenters. The van der Waals surface area contributed by atoms with Crippen molar-refractivity contribution < 1.29 is 14.3 Å². The second kappa shape index (κ2) is 7.86. The Kier molecular flexibility index (Phi) is 5.12.